The maximum atomic E-state index is 5.41. The van der Waals surface area contributed by atoms with Crippen molar-refractivity contribution in [3.63, 3.8) is 0 Å². The summed E-state index contributed by atoms with van der Waals surface area (Å²) in [5.41, 5.74) is 4.47. The van der Waals surface area contributed by atoms with Gasteiger partial charge in [0, 0.05) is 17.8 Å². The third-order valence-corrected chi connectivity index (χ3v) is 4.23. The van der Waals surface area contributed by atoms with Gasteiger partial charge in [0.25, 0.3) is 0 Å². The van der Waals surface area contributed by atoms with E-state index < -0.39 is 0 Å². The summed E-state index contributed by atoms with van der Waals surface area (Å²) in [5.74, 6) is 1.72. The summed E-state index contributed by atoms with van der Waals surface area (Å²) in [6, 6.07) is 12.5. The highest BCUT2D eigenvalue weighted by Gasteiger charge is 2.12. The Hall–Kier alpha value is -3.06. The summed E-state index contributed by atoms with van der Waals surface area (Å²) in [6.45, 7) is 0. The van der Waals surface area contributed by atoms with E-state index in [4.69, 9.17) is 4.74 Å². The maximum absolute atomic E-state index is 5.41. The van der Waals surface area contributed by atoms with Crippen molar-refractivity contribution in [1.29, 1.82) is 0 Å². The SMILES string of the molecule is COc1cnc(Nc2cc[c]cn2)nc1-c1ccc2ncsc2c1. The van der Waals surface area contributed by atoms with Crippen molar-refractivity contribution in [2.24, 2.45) is 0 Å². The van der Waals surface area contributed by atoms with Crippen molar-refractivity contribution in [2.75, 3.05) is 12.4 Å². The first-order valence-electron chi connectivity index (χ1n) is 7.17. The molecule has 0 aliphatic carbocycles. The van der Waals surface area contributed by atoms with Gasteiger partial charge in [-0.1, -0.05) is 6.07 Å². The highest BCUT2D eigenvalue weighted by atomic mass is 32.1. The Bertz CT molecular complexity index is 987. The molecule has 0 unspecified atom stereocenters. The smallest absolute Gasteiger partial charge is 0.229 e. The number of benzene rings is 1. The molecule has 0 aliphatic rings. The Kier molecular flexibility index (Phi) is 3.76. The molecular formula is C17H12N5OS. The fourth-order valence-electron chi connectivity index (χ4n) is 2.30. The zero-order valence-corrected chi connectivity index (χ0v) is 13.5. The Labute approximate surface area is 142 Å². The molecule has 0 bridgehead atoms. The number of rotatable bonds is 4. The van der Waals surface area contributed by atoms with Crippen molar-refractivity contribution in [1.82, 2.24) is 19.9 Å². The van der Waals surface area contributed by atoms with Gasteiger partial charge in [0.15, 0.2) is 5.75 Å². The third-order valence-electron chi connectivity index (χ3n) is 3.44. The largest absolute Gasteiger partial charge is 0.493 e. The standard InChI is InChI=1S/C17H12N5OS/c1-23-13-9-19-17(21-15-4-2-3-7-18-15)22-16(13)11-5-6-12-14(8-11)24-10-20-12/h2,4-10H,1H3,(H,18,19,21,22). The summed E-state index contributed by atoms with van der Waals surface area (Å²) < 4.78 is 6.51. The van der Waals surface area contributed by atoms with Crippen LogP contribution in [0.2, 0.25) is 0 Å². The lowest BCUT2D eigenvalue weighted by Gasteiger charge is -2.10. The molecule has 4 rings (SSSR count). The summed E-state index contributed by atoms with van der Waals surface area (Å²) >= 11 is 1.59. The lowest BCUT2D eigenvalue weighted by Crippen LogP contribution is -2.01. The van der Waals surface area contributed by atoms with Crippen LogP contribution >= 0.6 is 11.3 Å². The van der Waals surface area contributed by atoms with E-state index >= 15 is 0 Å². The number of nitrogens with one attached hydrogen (secondary N) is 1. The van der Waals surface area contributed by atoms with E-state index in [-0.39, 0.29) is 0 Å². The van der Waals surface area contributed by atoms with Crippen molar-refractivity contribution in [3.8, 4) is 17.0 Å². The highest BCUT2D eigenvalue weighted by molar-refractivity contribution is 7.16. The number of thiazole rings is 1. The molecule has 117 valence electrons. The molecule has 24 heavy (non-hydrogen) atoms. The van der Waals surface area contributed by atoms with Crippen LogP contribution in [0.3, 0.4) is 0 Å². The zero-order chi connectivity index (χ0) is 16.4. The van der Waals surface area contributed by atoms with Crippen LogP contribution in [0.4, 0.5) is 11.8 Å². The summed E-state index contributed by atoms with van der Waals surface area (Å²) in [5, 5.41) is 3.08. The molecule has 1 radical (unpaired) electrons. The number of ether oxygens (including phenoxy) is 1. The van der Waals surface area contributed by atoms with E-state index in [0.717, 1.165) is 15.8 Å². The van der Waals surface area contributed by atoms with Gasteiger partial charge in [0.05, 0.1) is 29.0 Å². The van der Waals surface area contributed by atoms with Crippen LogP contribution in [0.5, 0.6) is 5.75 Å². The Morgan fingerprint density at radius 3 is 2.96 bits per heavy atom. The molecule has 6 nitrogen and oxygen atoms in total. The molecule has 0 amide bonds. The normalized spacial score (nSPS) is 10.7. The quantitative estimate of drug-likeness (QED) is 0.613. The van der Waals surface area contributed by atoms with E-state index in [9.17, 15) is 0 Å². The van der Waals surface area contributed by atoms with Gasteiger partial charge < -0.3 is 10.1 Å². The number of methoxy groups -OCH3 is 1. The van der Waals surface area contributed by atoms with Crippen LogP contribution in [0.25, 0.3) is 21.5 Å². The minimum atomic E-state index is 0.453. The van der Waals surface area contributed by atoms with Crippen LogP contribution in [-0.2, 0) is 0 Å². The number of pyridine rings is 1. The summed E-state index contributed by atoms with van der Waals surface area (Å²) in [7, 11) is 1.61. The molecule has 4 aromatic rings. The van der Waals surface area contributed by atoms with Gasteiger partial charge in [0.1, 0.15) is 11.5 Å². The molecule has 3 aromatic heterocycles. The minimum Gasteiger partial charge on any atom is -0.493 e. The van der Waals surface area contributed by atoms with E-state index in [1.165, 1.54) is 0 Å². The first-order valence-corrected chi connectivity index (χ1v) is 8.05. The molecule has 0 saturated heterocycles. The van der Waals surface area contributed by atoms with Gasteiger partial charge in [-0.3, -0.25) is 0 Å². The van der Waals surface area contributed by atoms with Crippen LogP contribution in [0.1, 0.15) is 0 Å². The van der Waals surface area contributed by atoms with Gasteiger partial charge in [-0.25, -0.2) is 19.9 Å². The van der Waals surface area contributed by atoms with E-state index in [1.807, 2.05) is 17.6 Å². The predicted molar refractivity (Wildman–Crippen MR) is 93.6 cm³/mol. The number of aromatic nitrogens is 4. The first-order chi connectivity index (χ1) is 11.8. The Morgan fingerprint density at radius 1 is 1.17 bits per heavy atom. The highest BCUT2D eigenvalue weighted by Crippen LogP contribution is 2.31. The number of anilines is 2. The number of nitrogens with zero attached hydrogens (tertiary/aromatic N) is 4. The van der Waals surface area contributed by atoms with Crippen LogP contribution in [-0.4, -0.2) is 27.0 Å². The van der Waals surface area contributed by atoms with Crippen molar-refractivity contribution < 1.29 is 4.74 Å². The predicted octanol–water partition coefficient (Wildman–Crippen LogP) is 3.70. The average Bonchev–Trinajstić information content (AvgIpc) is 3.10. The van der Waals surface area contributed by atoms with Gasteiger partial charge in [-0.15, -0.1) is 11.3 Å². The molecule has 3 heterocycles. The lowest BCUT2D eigenvalue weighted by molar-refractivity contribution is 0.413. The molecule has 0 atom stereocenters. The number of fused-ring (bicyclic) bond motifs is 1. The summed E-state index contributed by atoms with van der Waals surface area (Å²) in [6.07, 6.45) is 3.24. The van der Waals surface area contributed by atoms with Gasteiger partial charge in [-0.2, -0.15) is 0 Å². The monoisotopic (exact) mass is 334 g/mol. The lowest BCUT2D eigenvalue weighted by atomic mass is 10.1. The van der Waals surface area contributed by atoms with Crippen LogP contribution < -0.4 is 10.1 Å². The molecule has 0 saturated carbocycles. The second-order valence-electron chi connectivity index (χ2n) is 4.91. The van der Waals surface area contributed by atoms with Crippen molar-refractivity contribution in [2.45, 2.75) is 0 Å². The molecule has 1 N–H and O–H groups in total. The second kappa shape index (κ2) is 6.21. The van der Waals surface area contributed by atoms with Crippen molar-refractivity contribution in [3.05, 3.63) is 54.3 Å². The van der Waals surface area contributed by atoms with Gasteiger partial charge in [-0.05, 0) is 24.3 Å². The zero-order valence-electron chi connectivity index (χ0n) is 12.7. The van der Waals surface area contributed by atoms with Gasteiger partial charge in [0.2, 0.25) is 5.95 Å². The number of hydrogen-bond acceptors (Lipinski definition) is 7. The molecule has 7 heteroatoms. The topological polar surface area (TPSA) is 72.8 Å². The molecule has 0 aliphatic heterocycles. The number of hydrogen-bond donors (Lipinski definition) is 1. The molecule has 0 fully saturated rings. The Balaban J connectivity index is 1.76. The second-order valence-corrected chi connectivity index (χ2v) is 5.80. The van der Waals surface area contributed by atoms with Gasteiger partial charge >= 0.3 is 0 Å². The fraction of sp³-hybridized carbons (Fsp3) is 0.0588. The van der Waals surface area contributed by atoms with E-state index in [1.54, 1.807) is 43.0 Å². The van der Waals surface area contributed by atoms with E-state index in [2.05, 4.69) is 37.4 Å². The van der Waals surface area contributed by atoms with E-state index in [0.29, 0.717) is 23.2 Å². The first kappa shape index (κ1) is 14.5. The fourth-order valence-corrected chi connectivity index (χ4v) is 3.01. The van der Waals surface area contributed by atoms with Crippen LogP contribution in [0.15, 0.2) is 48.2 Å². The molecule has 1 aromatic carbocycles. The average molecular weight is 334 g/mol. The maximum Gasteiger partial charge on any atom is 0.229 e. The molecular weight excluding hydrogens is 322 g/mol. The molecule has 0 spiro atoms. The third kappa shape index (κ3) is 2.77. The minimum absolute atomic E-state index is 0.453. The van der Waals surface area contributed by atoms with Crippen LogP contribution in [0, 0.1) is 6.07 Å². The van der Waals surface area contributed by atoms with Crippen molar-refractivity contribution >= 4 is 33.3 Å². The Morgan fingerprint density at radius 2 is 2.12 bits per heavy atom. The summed E-state index contributed by atoms with van der Waals surface area (Å²) in [4.78, 5) is 17.3.